The average Bonchev–Trinajstić information content (AvgIpc) is 2.28. The normalized spacial score (nSPS) is 15.2. The zero-order chi connectivity index (χ0) is 11.1. The predicted octanol–water partition coefficient (Wildman–Crippen LogP) is 1.53. The largest absolute Gasteiger partial charge is 0.421 e. The van der Waals surface area contributed by atoms with Crippen molar-refractivity contribution >= 4 is 22.6 Å². The second-order valence-electron chi connectivity index (χ2n) is 3.75. The lowest BCUT2D eigenvalue weighted by Crippen LogP contribution is -2.45. The van der Waals surface area contributed by atoms with Crippen molar-refractivity contribution in [3.8, 4) is 0 Å². The number of benzene rings is 1. The number of β-lactam (4-membered cyclic amide) rings is 1. The van der Waals surface area contributed by atoms with E-state index in [1.165, 1.54) is 4.90 Å². The van der Waals surface area contributed by atoms with E-state index in [0.717, 1.165) is 5.39 Å². The minimum absolute atomic E-state index is 0.0254. The van der Waals surface area contributed by atoms with E-state index in [0.29, 0.717) is 24.2 Å². The first-order valence-corrected chi connectivity index (χ1v) is 5.09. The van der Waals surface area contributed by atoms with Crippen molar-refractivity contribution in [3.63, 3.8) is 0 Å². The maximum atomic E-state index is 11.7. The highest BCUT2D eigenvalue weighted by Crippen LogP contribution is 2.22. The summed E-state index contributed by atoms with van der Waals surface area (Å²) in [6.07, 6.45) is 0.506. The Kier molecular flexibility index (Phi) is 1.83. The molecule has 3 rings (SSSR count). The molecule has 0 aliphatic carbocycles. The molecule has 1 fully saturated rings. The van der Waals surface area contributed by atoms with Crippen molar-refractivity contribution in [1.82, 2.24) is 0 Å². The molecule has 0 radical (unpaired) electrons. The molecule has 0 atom stereocenters. The summed E-state index contributed by atoms with van der Waals surface area (Å²) in [5.74, 6) is -0.0254. The summed E-state index contributed by atoms with van der Waals surface area (Å²) >= 11 is 0. The Balaban J connectivity index is 2.22. The van der Waals surface area contributed by atoms with Gasteiger partial charge in [0.1, 0.15) is 11.3 Å². The molecule has 1 aromatic carbocycles. The first-order chi connectivity index (χ1) is 7.75. The molecule has 1 aromatic heterocycles. The van der Waals surface area contributed by atoms with Gasteiger partial charge in [-0.05, 0) is 12.1 Å². The molecule has 2 aromatic rings. The Hall–Kier alpha value is -2.10. The lowest BCUT2D eigenvalue weighted by atomic mass is 10.1. The fourth-order valence-corrected chi connectivity index (χ4v) is 1.81. The van der Waals surface area contributed by atoms with Gasteiger partial charge in [0.2, 0.25) is 5.91 Å². The molecule has 1 aliphatic rings. The van der Waals surface area contributed by atoms with Crippen LogP contribution in [0.3, 0.4) is 0 Å². The minimum atomic E-state index is -0.452. The predicted molar refractivity (Wildman–Crippen MR) is 59.5 cm³/mol. The summed E-state index contributed by atoms with van der Waals surface area (Å²) in [4.78, 5) is 24.4. The first kappa shape index (κ1) is 9.15. The van der Waals surface area contributed by atoms with Crippen molar-refractivity contribution in [2.24, 2.45) is 0 Å². The van der Waals surface area contributed by atoms with Crippen molar-refractivity contribution in [1.29, 1.82) is 0 Å². The fraction of sp³-hybridized carbons (Fsp3) is 0.167. The number of carbonyl (C=O) groups excluding carboxylic acids is 1. The molecule has 0 unspecified atom stereocenters. The van der Waals surface area contributed by atoms with E-state index in [-0.39, 0.29) is 5.91 Å². The van der Waals surface area contributed by atoms with Crippen LogP contribution in [-0.4, -0.2) is 12.5 Å². The number of para-hydroxylation sites is 1. The van der Waals surface area contributed by atoms with E-state index in [2.05, 4.69) is 0 Å². The summed E-state index contributed by atoms with van der Waals surface area (Å²) in [5, 5.41) is 0.830. The maximum absolute atomic E-state index is 11.7. The number of amides is 1. The maximum Gasteiger partial charge on any atom is 0.360 e. The van der Waals surface area contributed by atoms with Gasteiger partial charge in [0.25, 0.3) is 0 Å². The van der Waals surface area contributed by atoms with Gasteiger partial charge in [-0.3, -0.25) is 4.79 Å². The highest BCUT2D eigenvalue weighted by molar-refractivity contribution is 6.00. The SMILES string of the molecule is O=C1CCN1c1cc2ccccc2oc1=O. The first-order valence-electron chi connectivity index (χ1n) is 5.09. The zero-order valence-corrected chi connectivity index (χ0v) is 8.47. The Bertz CT molecular complexity index is 629. The van der Waals surface area contributed by atoms with E-state index in [1.807, 2.05) is 12.1 Å². The van der Waals surface area contributed by atoms with E-state index >= 15 is 0 Å². The van der Waals surface area contributed by atoms with Crippen LogP contribution in [0.4, 0.5) is 5.69 Å². The average molecular weight is 215 g/mol. The Labute approximate surface area is 91.1 Å². The van der Waals surface area contributed by atoms with Gasteiger partial charge in [-0.1, -0.05) is 18.2 Å². The molecular weight excluding hydrogens is 206 g/mol. The van der Waals surface area contributed by atoms with Gasteiger partial charge in [-0.15, -0.1) is 0 Å². The molecule has 0 N–H and O–H groups in total. The topological polar surface area (TPSA) is 50.5 Å². The molecule has 4 heteroatoms. The monoisotopic (exact) mass is 215 g/mol. The summed E-state index contributed by atoms with van der Waals surface area (Å²) < 4.78 is 5.15. The summed E-state index contributed by atoms with van der Waals surface area (Å²) in [6.45, 7) is 0.599. The van der Waals surface area contributed by atoms with Crippen LogP contribution in [-0.2, 0) is 4.79 Å². The van der Waals surface area contributed by atoms with Crippen molar-refractivity contribution in [2.45, 2.75) is 6.42 Å². The second kappa shape index (κ2) is 3.20. The van der Waals surface area contributed by atoms with Crippen molar-refractivity contribution in [2.75, 3.05) is 11.4 Å². The number of fused-ring (bicyclic) bond motifs is 1. The third-order valence-electron chi connectivity index (χ3n) is 2.76. The summed E-state index contributed by atoms with van der Waals surface area (Å²) in [5.41, 5.74) is 0.436. The molecule has 4 nitrogen and oxygen atoms in total. The number of nitrogens with zero attached hydrogens (tertiary/aromatic N) is 1. The molecule has 0 saturated carbocycles. The van der Waals surface area contributed by atoms with Crippen LogP contribution < -0.4 is 10.5 Å². The van der Waals surface area contributed by atoms with Crippen molar-refractivity contribution < 1.29 is 9.21 Å². The molecular formula is C12H9NO3. The number of anilines is 1. The van der Waals surface area contributed by atoms with Gasteiger partial charge in [0, 0.05) is 18.4 Å². The van der Waals surface area contributed by atoms with E-state index < -0.39 is 5.63 Å². The Morgan fingerprint density at radius 2 is 2.00 bits per heavy atom. The van der Waals surface area contributed by atoms with Crippen LogP contribution in [0.5, 0.6) is 0 Å². The zero-order valence-electron chi connectivity index (χ0n) is 8.47. The summed E-state index contributed by atoms with van der Waals surface area (Å²) in [6, 6.07) is 8.96. The van der Waals surface area contributed by atoms with E-state index in [9.17, 15) is 9.59 Å². The van der Waals surface area contributed by atoms with Gasteiger partial charge in [-0.25, -0.2) is 4.79 Å². The van der Waals surface area contributed by atoms with Crippen LogP contribution in [0, 0.1) is 0 Å². The molecule has 1 amide bonds. The lowest BCUT2D eigenvalue weighted by molar-refractivity contribution is -0.122. The van der Waals surface area contributed by atoms with Crippen LogP contribution in [0.15, 0.2) is 39.5 Å². The number of hydrogen-bond acceptors (Lipinski definition) is 3. The third-order valence-corrected chi connectivity index (χ3v) is 2.76. The Morgan fingerprint density at radius 3 is 2.69 bits per heavy atom. The fourth-order valence-electron chi connectivity index (χ4n) is 1.81. The van der Waals surface area contributed by atoms with Gasteiger partial charge < -0.3 is 9.32 Å². The van der Waals surface area contributed by atoms with Crippen LogP contribution in [0.1, 0.15) is 6.42 Å². The summed E-state index contributed by atoms with van der Waals surface area (Å²) in [7, 11) is 0. The van der Waals surface area contributed by atoms with Crippen LogP contribution in [0.25, 0.3) is 11.0 Å². The molecule has 0 spiro atoms. The van der Waals surface area contributed by atoms with Gasteiger partial charge >= 0.3 is 5.63 Å². The highest BCUT2D eigenvalue weighted by Gasteiger charge is 2.28. The second-order valence-corrected chi connectivity index (χ2v) is 3.75. The number of rotatable bonds is 1. The highest BCUT2D eigenvalue weighted by atomic mass is 16.4. The van der Waals surface area contributed by atoms with Crippen molar-refractivity contribution in [3.05, 3.63) is 40.8 Å². The number of hydrogen-bond donors (Lipinski definition) is 0. The van der Waals surface area contributed by atoms with E-state index in [1.54, 1.807) is 18.2 Å². The van der Waals surface area contributed by atoms with Gasteiger partial charge in [-0.2, -0.15) is 0 Å². The molecule has 2 heterocycles. The lowest BCUT2D eigenvalue weighted by Gasteiger charge is -2.29. The number of carbonyl (C=O) groups is 1. The quantitative estimate of drug-likeness (QED) is 0.535. The van der Waals surface area contributed by atoms with Gasteiger partial charge in [0.15, 0.2) is 0 Å². The standard InChI is InChI=1S/C12H9NO3/c14-11-5-6-13(11)9-7-8-3-1-2-4-10(8)16-12(9)15/h1-4,7H,5-6H2. The third kappa shape index (κ3) is 1.23. The van der Waals surface area contributed by atoms with E-state index in [4.69, 9.17) is 4.42 Å². The molecule has 1 saturated heterocycles. The molecule has 0 bridgehead atoms. The van der Waals surface area contributed by atoms with Crippen LogP contribution >= 0.6 is 0 Å². The van der Waals surface area contributed by atoms with Gasteiger partial charge in [0.05, 0.1) is 0 Å². The Morgan fingerprint density at radius 1 is 1.19 bits per heavy atom. The smallest absolute Gasteiger partial charge is 0.360 e. The van der Waals surface area contributed by atoms with Crippen LogP contribution in [0.2, 0.25) is 0 Å². The molecule has 80 valence electrons. The molecule has 16 heavy (non-hydrogen) atoms. The molecule has 1 aliphatic heterocycles. The minimum Gasteiger partial charge on any atom is -0.421 e.